The molecule has 1 aliphatic heterocycles. The first-order chi connectivity index (χ1) is 15.0. The Morgan fingerprint density at radius 3 is 2.65 bits per heavy atom. The smallest absolute Gasteiger partial charge is 0.243 e. The standard InChI is InChI=1S/C25H29N3O2S/c1-17(2)14-24(29)28-16-19-9-4-3-8-18(19)15-21(28)25(30)26-13-7-12-23-27-20-10-5-6-11-22(20)31-23/h3-6,8-11,17,21H,7,12-16H2,1-2H3,(H,26,30). The molecule has 0 aliphatic carbocycles. The van der Waals surface area contributed by atoms with E-state index in [9.17, 15) is 9.59 Å². The summed E-state index contributed by atoms with van der Waals surface area (Å²) < 4.78 is 1.20. The molecule has 0 bridgehead atoms. The van der Waals surface area contributed by atoms with Crippen LogP contribution in [0.1, 0.15) is 42.8 Å². The van der Waals surface area contributed by atoms with Gasteiger partial charge in [0.25, 0.3) is 0 Å². The zero-order chi connectivity index (χ0) is 21.8. The largest absolute Gasteiger partial charge is 0.354 e. The van der Waals surface area contributed by atoms with Crippen LogP contribution < -0.4 is 5.32 Å². The second-order valence-corrected chi connectivity index (χ2v) is 9.69. The molecule has 5 nitrogen and oxygen atoms in total. The van der Waals surface area contributed by atoms with Crippen LogP contribution in [0.2, 0.25) is 0 Å². The van der Waals surface area contributed by atoms with Crippen molar-refractivity contribution in [1.29, 1.82) is 0 Å². The minimum Gasteiger partial charge on any atom is -0.354 e. The summed E-state index contributed by atoms with van der Waals surface area (Å²) in [7, 11) is 0. The van der Waals surface area contributed by atoms with Crippen LogP contribution in [0.5, 0.6) is 0 Å². The summed E-state index contributed by atoms with van der Waals surface area (Å²) in [6.07, 6.45) is 2.70. The quantitative estimate of drug-likeness (QED) is 0.562. The number of para-hydroxylation sites is 1. The third-order valence-corrected chi connectivity index (χ3v) is 6.76. The average molecular weight is 436 g/mol. The minimum atomic E-state index is -0.441. The molecule has 1 atom stereocenters. The third kappa shape index (κ3) is 5.13. The predicted octanol–water partition coefficient (Wildman–Crippen LogP) is 4.34. The predicted molar refractivity (Wildman–Crippen MR) is 125 cm³/mol. The fourth-order valence-electron chi connectivity index (χ4n) is 4.08. The fourth-order valence-corrected chi connectivity index (χ4v) is 5.09. The molecular formula is C25H29N3O2S. The summed E-state index contributed by atoms with van der Waals surface area (Å²) >= 11 is 1.71. The van der Waals surface area contributed by atoms with E-state index in [-0.39, 0.29) is 17.7 Å². The van der Waals surface area contributed by atoms with Crippen LogP contribution >= 0.6 is 11.3 Å². The number of carbonyl (C=O) groups excluding carboxylic acids is 2. The lowest BCUT2D eigenvalue weighted by molar-refractivity contribution is -0.142. The number of aromatic nitrogens is 1. The van der Waals surface area contributed by atoms with Crippen molar-refractivity contribution in [3.05, 3.63) is 64.7 Å². The molecule has 0 spiro atoms. The number of nitrogens with zero attached hydrogens (tertiary/aromatic N) is 2. The Labute approximate surface area is 187 Å². The van der Waals surface area contributed by atoms with Gasteiger partial charge in [-0.3, -0.25) is 9.59 Å². The molecule has 1 N–H and O–H groups in total. The van der Waals surface area contributed by atoms with Crippen LogP contribution in [-0.4, -0.2) is 34.3 Å². The van der Waals surface area contributed by atoms with Crippen LogP contribution in [0.4, 0.5) is 0 Å². The highest BCUT2D eigenvalue weighted by Gasteiger charge is 2.34. The minimum absolute atomic E-state index is 0.0547. The topological polar surface area (TPSA) is 62.3 Å². The number of rotatable bonds is 7. The SMILES string of the molecule is CC(C)CC(=O)N1Cc2ccccc2CC1C(=O)NCCCc1nc2ccccc2s1. The molecule has 162 valence electrons. The van der Waals surface area contributed by atoms with Crippen LogP contribution in [0.3, 0.4) is 0 Å². The molecule has 1 unspecified atom stereocenters. The Morgan fingerprint density at radius 2 is 1.87 bits per heavy atom. The molecule has 2 aromatic carbocycles. The Bertz CT molecular complexity index is 1040. The van der Waals surface area contributed by atoms with Crippen molar-refractivity contribution in [3.8, 4) is 0 Å². The van der Waals surface area contributed by atoms with Gasteiger partial charge in [0.05, 0.1) is 15.2 Å². The first-order valence-electron chi connectivity index (χ1n) is 11.0. The maximum absolute atomic E-state index is 13.0. The Kier molecular flexibility index (Phi) is 6.66. The number of fused-ring (bicyclic) bond motifs is 2. The van der Waals surface area contributed by atoms with Crippen molar-refractivity contribution in [2.45, 2.75) is 52.1 Å². The van der Waals surface area contributed by atoms with Crippen LogP contribution in [0, 0.1) is 5.92 Å². The first kappa shape index (κ1) is 21.5. The number of nitrogens with one attached hydrogen (secondary N) is 1. The molecule has 6 heteroatoms. The van der Waals surface area contributed by atoms with E-state index in [2.05, 4.69) is 28.5 Å². The molecule has 1 aromatic heterocycles. The zero-order valence-electron chi connectivity index (χ0n) is 18.1. The second-order valence-electron chi connectivity index (χ2n) is 8.58. The highest BCUT2D eigenvalue weighted by Crippen LogP contribution is 2.25. The second kappa shape index (κ2) is 9.60. The molecule has 3 aromatic rings. The molecule has 0 fully saturated rings. The van der Waals surface area contributed by atoms with E-state index in [0.717, 1.165) is 34.5 Å². The molecule has 0 saturated heterocycles. The van der Waals surface area contributed by atoms with E-state index in [1.165, 1.54) is 4.70 Å². The summed E-state index contributed by atoms with van der Waals surface area (Å²) in [6, 6.07) is 15.8. The van der Waals surface area contributed by atoms with E-state index < -0.39 is 6.04 Å². The number of hydrogen-bond acceptors (Lipinski definition) is 4. The Balaban J connectivity index is 1.37. The molecule has 0 radical (unpaired) electrons. The highest BCUT2D eigenvalue weighted by atomic mass is 32.1. The highest BCUT2D eigenvalue weighted by molar-refractivity contribution is 7.18. The van der Waals surface area contributed by atoms with Crippen molar-refractivity contribution in [2.24, 2.45) is 5.92 Å². The Hall–Kier alpha value is -2.73. The number of benzene rings is 2. The van der Waals surface area contributed by atoms with Gasteiger partial charge in [0, 0.05) is 32.4 Å². The van der Waals surface area contributed by atoms with Gasteiger partial charge >= 0.3 is 0 Å². The lowest BCUT2D eigenvalue weighted by atomic mass is 9.92. The van der Waals surface area contributed by atoms with Crippen molar-refractivity contribution in [3.63, 3.8) is 0 Å². The van der Waals surface area contributed by atoms with Gasteiger partial charge < -0.3 is 10.2 Å². The molecule has 1 aliphatic rings. The maximum atomic E-state index is 13.0. The van der Waals surface area contributed by atoms with Gasteiger partial charge in [-0.1, -0.05) is 50.2 Å². The maximum Gasteiger partial charge on any atom is 0.243 e. The summed E-state index contributed by atoms with van der Waals surface area (Å²) in [5, 5.41) is 4.16. The average Bonchev–Trinajstić information content (AvgIpc) is 3.18. The van der Waals surface area contributed by atoms with Crippen molar-refractivity contribution in [1.82, 2.24) is 15.2 Å². The monoisotopic (exact) mass is 435 g/mol. The van der Waals surface area contributed by atoms with Crippen LogP contribution in [-0.2, 0) is 29.0 Å². The van der Waals surface area contributed by atoms with E-state index in [4.69, 9.17) is 0 Å². The molecule has 31 heavy (non-hydrogen) atoms. The van der Waals surface area contributed by atoms with Gasteiger partial charge in [0.15, 0.2) is 0 Å². The van der Waals surface area contributed by atoms with E-state index in [1.807, 2.05) is 44.2 Å². The lowest BCUT2D eigenvalue weighted by Crippen LogP contribution is -2.52. The first-order valence-corrected chi connectivity index (χ1v) is 11.8. The van der Waals surface area contributed by atoms with Gasteiger partial charge in [-0.25, -0.2) is 4.98 Å². The normalized spacial score (nSPS) is 15.8. The van der Waals surface area contributed by atoms with E-state index in [0.29, 0.717) is 25.9 Å². The summed E-state index contributed by atoms with van der Waals surface area (Å²) in [4.78, 5) is 32.3. The van der Waals surface area contributed by atoms with Crippen molar-refractivity contribution >= 4 is 33.4 Å². The van der Waals surface area contributed by atoms with E-state index in [1.54, 1.807) is 16.2 Å². The fraction of sp³-hybridized carbons (Fsp3) is 0.400. The third-order valence-electron chi connectivity index (χ3n) is 5.66. The number of thiazole rings is 1. The number of aryl methyl sites for hydroxylation is 1. The summed E-state index contributed by atoms with van der Waals surface area (Å²) in [6.45, 7) is 5.16. The van der Waals surface area contributed by atoms with Gasteiger partial charge in [-0.05, 0) is 35.6 Å². The zero-order valence-corrected chi connectivity index (χ0v) is 19.0. The molecule has 2 amide bonds. The Morgan fingerprint density at radius 1 is 1.13 bits per heavy atom. The number of carbonyl (C=O) groups is 2. The number of hydrogen-bond donors (Lipinski definition) is 1. The molecule has 4 rings (SSSR count). The van der Waals surface area contributed by atoms with Crippen molar-refractivity contribution < 1.29 is 9.59 Å². The van der Waals surface area contributed by atoms with Crippen molar-refractivity contribution in [2.75, 3.05) is 6.54 Å². The van der Waals surface area contributed by atoms with Gasteiger partial charge in [0.1, 0.15) is 6.04 Å². The lowest BCUT2D eigenvalue weighted by Gasteiger charge is -2.36. The molecular weight excluding hydrogens is 406 g/mol. The van der Waals surface area contributed by atoms with Gasteiger partial charge in [0.2, 0.25) is 11.8 Å². The van der Waals surface area contributed by atoms with Crippen LogP contribution in [0.15, 0.2) is 48.5 Å². The van der Waals surface area contributed by atoms with Gasteiger partial charge in [-0.2, -0.15) is 0 Å². The van der Waals surface area contributed by atoms with Crippen LogP contribution in [0.25, 0.3) is 10.2 Å². The van der Waals surface area contributed by atoms with E-state index >= 15 is 0 Å². The molecule has 2 heterocycles. The summed E-state index contributed by atoms with van der Waals surface area (Å²) in [5.74, 6) is 0.261. The summed E-state index contributed by atoms with van der Waals surface area (Å²) in [5.41, 5.74) is 3.33. The molecule has 0 saturated carbocycles. The number of amides is 2. The van der Waals surface area contributed by atoms with Gasteiger partial charge in [-0.15, -0.1) is 11.3 Å².